The zero-order valence-corrected chi connectivity index (χ0v) is 15.8. The van der Waals surface area contributed by atoms with Gasteiger partial charge in [0.25, 0.3) is 0 Å². The molecule has 0 radical (unpaired) electrons. The summed E-state index contributed by atoms with van der Waals surface area (Å²) in [5.41, 5.74) is -3.42. The minimum atomic E-state index is -5.25. The van der Waals surface area contributed by atoms with Gasteiger partial charge < -0.3 is 15.2 Å². The van der Waals surface area contributed by atoms with E-state index in [0.717, 1.165) is 0 Å². The van der Waals surface area contributed by atoms with Gasteiger partial charge in [-0.3, -0.25) is 9.59 Å². The SMILES string of the molecule is C=CCOC(=O)C1C(c2cccc(C#N)c2)C2=C(CCCC2=O)NC1(O)C(F)(F)F. The standard InChI is InChI=1S/C21H19F3N2O4/c1-2-9-30-19(28)18-16(13-6-3-5-12(10-13)11-25)17-14(7-4-8-15(17)27)26-20(18,29)21(22,23)24/h2-3,5-6,10,16,18,26,29H,1,4,7-9H2. The maximum absolute atomic E-state index is 14.0. The van der Waals surface area contributed by atoms with Crippen molar-refractivity contribution in [3.05, 3.63) is 59.3 Å². The number of carbonyl (C=O) groups is 2. The van der Waals surface area contributed by atoms with E-state index in [1.54, 1.807) is 0 Å². The summed E-state index contributed by atoms with van der Waals surface area (Å²) in [5, 5.41) is 22.0. The number of allylic oxidation sites excluding steroid dienone is 2. The maximum atomic E-state index is 14.0. The van der Waals surface area contributed by atoms with Crippen LogP contribution in [0.15, 0.2) is 48.2 Å². The van der Waals surface area contributed by atoms with Gasteiger partial charge in [-0.05, 0) is 30.5 Å². The molecule has 0 saturated carbocycles. The summed E-state index contributed by atoms with van der Waals surface area (Å²) in [6.07, 6.45) is -3.54. The molecule has 3 atom stereocenters. The van der Waals surface area contributed by atoms with Crippen LogP contribution in [0.5, 0.6) is 0 Å². The predicted octanol–water partition coefficient (Wildman–Crippen LogP) is 2.85. The number of ether oxygens (including phenoxy) is 1. The highest BCUT2D eigenvalue weighted by atomic mass is 19.4. The van der Waals surface area contributed by atoms with Crippen molar-refractivity contribution in [1.82, 2.24) is 5.32 Å². The van der Waals surface area contributed by atoms with Crippen molar-refractivity contribution in [2.75, 3.05) is 6.61 Å². The van der Waals surface area contributed by atoms with E-state index in [-0.39, 0.29) is 41.8 Å². The number of rotatable bonds is 4. The highest BCUT2D eigenvalue weighted by Crippen LogP contribution is 2.51. The summed E-state index contributed by atoms with van der Waals surface area (Å²) in [4.78, 5) is 25.5. The molecule has 0 spiro atoms. The molecule has 9 heteroatoms. The van der Waals surface area contributed by atoms with Gasteiger partial charge in [0.05, 0.1) is 11.6 Å². The molecule has 1 aromatic rings. The van der Waals surface area contributed by atoms with Crippen LogP contribution in [0, 0.1) is 17.2 Å². The number of halogens is 3. The Morgan fingerprint density at radius 2 is 2.17 bits per heavy atom. The number of nitrogens with one attached hydrogen (secondary N) is 1. The van der Waals surface area contributed by atoms with E-state index < -0.39 is 35.5 Å². The zero-order valence-electron chi connectivity index (χ0n) is 15.8. The molecule has 6 nitrogen and oxygen atoms in total. The quantitative estimate of drug-likeness (QED) is 0.574. The van der Waals surface area contributed by atoms with Crippen LogP contribution < -0.4 is 5.32 Å². The Kier molecular flexibility index (Phi) is 5.72. The Morgan fingerprint density at radius 3 is 2.80 bits per heavy atom. The molecule has 30 heavy (non-hydrogen) atoms. The number of benzene rings is 1. The second-order valence-corrected chi connectivity index (χ2v) is 7.17. The van der Waals surface area contributed by atoms with Crippen molar-refractivity contribution in [2.24, 2.45) is 5.92 Å². The molecule has 0 bridgehead atoms. The number of esters is 1. The fourth-order valence-electron chi connectivity index (χ4n) is 4.02. The third-order valence-electron chi connectivity index (χ3n) is 5.30. The van der Waals surface area contributed by atoms with E-state index in [2.05, 4.69) is 6.58 Å². The lowest BCUT2D eigenvalue weighted by Crippen LogP contribution is -2.67. The summed E-state index contributed by atoms with van der Waals surface area (Å²) in [5.74, 6) is -5.39. The Morgan fingerprint density at radius 1 is 1.43 bits per heavy atom. The van der Waals surface area contributed by atoms with Gasteiger partial charge in [0.15, 0.2) is 5.78 Å². The Balaban J connectivity index is 2.28. The zero-order chi connectivity index (χ0) is 22.1. The molecule has 1 aliphatic heterocycles. The van der Waals surface area contributed by atoms with Crippen LogP contribution in [0.4, 0.5) is 13.2 Å². The molecule has 0 aromatic heterocycles. The summed E-state index contributed by atoms with van der Waals surface area (Å²) in [6, 6.07) is 7.52. The van der Waals surface area contributed by atoms with Crippen molar-refractivity contribution in [1.29, 1.82) is 5.26 Å². The lowest BCUT2D eigenvalue weighted by molar-refractivity contribution is -0.293. The number of carbonyl (C=O) groups excluding carboxylic acids is 2. The number of nitriles is 1. The van der Waals surface area contributed by atoms with Crippen molar-refractivity contribution >= 4 is 11.8 Å². The number of nitrogens with zero attached hydrogens (tertiary/aromatic N) is 1. The van der Waals surface area contributed by atoms with Crippen LogP contribution in [-0.4, -0.2) is 35.4 Å². The van der Waals surface area contributed by atoms with Gasteiger partial charge in [-0.15, -0.1) is 0 Å². The first-order chi connectivity index (χ1) is 14.1. The van der Waals surface area contributed by atoms with Crippen molar-refractivity contribution in [2.45, 2.75) is 37.1 Å². The molecular formula is C21H19F3N2O4. The van der Waals surface area contributed by atoms with Gasteiger partial charge in [0.1, 0.15) is 12.5 Å². The van der Waals surface area contributed by atoms with Crippen LogP contribution in [0.1, 0.15) is 36.3 Å². The topological polar surface area (TPSA) is 99.4 Å². The van der Waals surface area contributed by atoms with E-state index in [4.69, 9.17) is 4.74 Å². The minimum absolute atomic E-state index is 0.00539. The number of aliphatic hydroxyl groups is 1. The van der Waals surface area contributed by atoms with E-state index >= 15 is 0 Å². The van der Waals surface area contributed by atoms with E-state index in [9.17, 15) is 33.1 Å². The van der Waals surface area contributed by atoms with Crippen LogP contribution in [0.2, 0.25) is 0 Å². The average Bonchev–Trinajstić information content (AvgIpc) is 2.70. The molecular weight excluding hydrogens is 401 g/mol. The Hall–Kier alpha value is -3.12. The van der Waals surface area contributed by atoms with Crippen LogP contribution >= 0.6 is 0 Å². The third kappa shape index (κ3) is 3.59. The van der Waals surface area contributed by atoms with Gasteiger partial charge >= 0.3 is 12.1 Å². The highest BCUT2D eigenvalue weighted by molar-refractivity contribution is 6.00. The van der Waals surface area contributed by atoms with Crippen molar-refractivity contribution in [3.8, 4) is 6.07 Å². The Labute approximate surface area is 170 Å². The van der Waals surface area contributed by atoms with Crippen molar-refractivity contribution in [3.63, 3.8) is 0 Å². The second-order valence-electron chi connectivity index (χ2n) is 7.17. The number of hydrogen-bond acceptors (Lipinski definition) is 6. The normalized spacial score (nSPS) is 26.3. The lowest BCUT2D eigenvalue weighted by Gasteiger charge is -2.47. The average molecular weight is 420 g/mol. The number of hydrogen-bond donors (Lipinski definition) is 2. The van der Waals surface area contributed by atoms with Crippen LogP contribution in [-0.2, 0) is 14.3 Å². The largest absolute Gasteiger partial charge is 0.461 e. The first-order valence-corrected chi connectivity index (χ1v) is 9.25. The van der Waals surface area contributed by atoms with E-state index in [1.807, 2.05) is 11.4 Å². The minimum Gasteiger partial charge on any atom is -0.461 e. The molecule has 3 rings (SSSR count). The third-order valence-corrected chi connectivity index (χ3v) is 5.30. The summed E-state index contributed by atoms with van der Waals surface area (Å²) < 4.78 is 47.0. The van der Waals surface area contributed by atoms with Gasteiger partial charge in [0.2, 0.25) is 5.72 Å². The number of ketones is 1. The molecule has 2 aliphatic rings. The summed E-state index contributed by atoms with van der Waals surface area (Å²) in [6.45, 7) is 3.00. The molecule has 0 saturated heterocycles. The molecule has 3 unspecified atom stereocenters. The maximum Gasteiger partial charge on any atom is 0.437 e. The monoisotopic (exact) mass is 420 g/mol. The second kappa shape index (κ2) is 7.95. The van der Waals surface area contributed by atoms with Gasteiger partial charge in [0, 0.05) is 23.6 Å². The summed E-state index contributed by atoms with van der Waals surface area (Å²) >= 11 is 0. The molecule has 0 fully saturated rings. The number of alkyl halides is 3. The van der Waals surface area contributed by atoms with E-state index in [0.29, 0.717) is 6.42 Å². The fraction of sp³-hybridized carbons (Fsp3) is 0.381. The smallest absolute Gasteiger partial charge is 0.437 e. The van der Waals surface area contributed by atoms with Crippen LogP contribution in [0.3, 0.4) is 0 Å². The molecule has 2 N–H and O–H groups in total. The van der Waals surface area contributed by atoms with Crippen molar-refractivity contribution < 1.29 is 32.6 Å². The molecule has 158 valence electrons. The van der Waals surface area contributed by atoms with Crippen LogP contribution in [0.25, 0.3) is 0 Å². The highest BCUT2D eigenvalue weighted by Gasteiger charge is 2.67. The van der Waals surface area contributed by atoms with Gasteiger partial charge in [-0.2, -0.15) is 18.4 Å². The molecule has 0 amide bonds. The summed E-state index contributed by atoms with van der Waals surface area (Å²) in [7, 11) is 0. The lowest BCUT2D eigenvalue weighted by atomic mass is 9.68. The molecule has 1 aromatic carbocycles. The molecule has 1 aliphatic carbocycles. The Bertz CT molecular complexity index is 964. The number of Topliss-reactive ketones (excluding diaryl/α,β-unsaturated/α-hetero) is 1. The van der Waals surface area contributed by atoms with Gasteiger partial charge in [-0.25, -0.2) is 0 Å². The molecule has 1 heterocycles. The van der Waals surface area contributed by atoms with Gasteiger partial charge in [-0.1, -0.05) is 24.8 Å². The fourth-order valence-corrected chi connectivity index (χ4v) is 4.02. The first-order valence-electron chi connectivity index (χ1n) is 9.25. The first kappa shape index (κ1) is 21.6. The van der Waals surface area contributed by atoms with E-state index in [1.165, 1.54) is 30.3 Å². The predicted molar refractivity (Wildman–Crippen MR) is 98.6 cm³/mol.